The molecule has 0 amide bonds. The zero-order valence-corrected chi connectivity index (χ0v) is 11.8. The summed E-state index contributed by atoms with van der Waals surface area (Å²) in [5.74, 6) is 0. The molecule has 2 heterocycles. The molecule has 18 heavy (non-hydrogen) atoms. The van der Waals surface area contributed by atoms with Gasteiger partial charge in [0.25, 0.3) is 0 Å². The molecule has 96 valence electrons. The van der Waals surface area contributed by atoms with Crippen LogP contribution < -0.4 is 5.32 Å². The van der Waals surface area contributed by atoms with Crippen LogP contribution in [0.3, 0.4) is 0 Å². The van der Waals surface area contributed by atoms with Crippen molar-refractivity contribution in [1.29, 1.82) is 0 Å². The fraction of sp³-hybridized carbons (Fsp3) is 0.462. The highest BCUT2D eigenvalue weighted by atomic mass is 32.1. The lowest BCUT2D eigenvalue weighted by Gasteiger charge is -2.11. The van der Waals surface area contributed by atoms with Crippen molar-refractivity contribution in [2.45, 2.75) is 33.2 Å². The summed E-state index contributed by atoms with van der Waals surface area (Å²) in [7, 11) is 0. The molecule has 2 aromatic heterocycles. The predicted molar refractivity (Wildman–Crippen MR) is 74.6 cm³/mol. The summed E-state index contributed by atoms with van der Waals surface area (Å²) >= 11 is 1.70. The first-order valence-corrected chi connectivity index (χ1v) is 7.01. The Kier molecular flexibility index (Phi) is 4.38. The molecular weight excluding hydrogens is 244 g/mol. The molecule has 0 radical (unpaired) electrons. The second-order valence-corrected chi connectivity index (χ2v) is 5.27. The van der Waals surface area contributed by atoms with Crippen molar-refractivity contribution in [2.24, 2.45) is 0 Å². The van der Waals surface area contributed by atoms with Crippen molar-refractivity contribution < 1.29 is 0 Å². The minimum atomic E-state index is 0.341. The van der Waals surface area contributed by atoms with E-state index >= 15 is 0 Å². The molecule has 1 atom stereocenters. The van der Waals surface area contributed by atoms with Gasteiger partial charge in [-0.3, -0.25) is 9.97 Å². The third-order valence-electron chi connectivity index (χ3n) is 2.71. The average Bonchev–Trinajstić information content (AvgIpc) is 2.79. The Morgan fingerprint density at radius 1 is 1.39 bits per heavy atom. The number of hydrogen-bond donors (Lipinski definition) is 1. The van der Waals surface area contributed by atoms with Crippen LogP contribution in [0.15, 0.2) is 18.6 Å². The molecule has 5 heteroatoms. The predicted octanol–water partition coefficient (Wildman–Crippen LogP) is 2.97. The Labute approximate surface area is 112 Å². The highest BCUT2D eigenvalue weighted by Gasteiger charge is 2.15. The molecule has 0 spiro atoms. The highest BCUT2D eigenvalue weighted by Crippen LogP contribution is 2.30. The summed E-state index contributed by atoms with van der Waals surface area (Å²) in [6.07, 6.45) is 6.27. The molecule has 0 saturated carbocycles. The smallest absolute Gasteiger partial charge is 0.144 e. The van der Waals surface area contributed by atoms with Gasteiger partial charge in [0.05, 0.1) is 11.9 Å². The number of aromatic nitrogens is 3. The molecule has 0 aliphatic rings. The molecule has 0 aliphatic carbocycles. The van der Waals surface area contributed by atoms with E-state index in [-0.39, 0.29) is 0 Å². The van der Waals surface area contributed by atoms with Gasteiger partial charge in [-0.05, 0) is 26.8 Å². The van der Waals surface area contributed by atoms with Crippen molar-refractivity contribution in [1.82, 2.24) is 20.3 Å². The van der Waals surface area contributed by atoms with E-state index in [1.165, 1.54) is 4.88 Å². The molecule has 0 aromatic carbocycles. The molecule has 0 fully saturated rings. The Balaban J connectivity index is 2.22. The quantitative estimate of drug-likeness (QED) is 0.900. The molecule has 0 saturated heterocycles. The minimum Gasteiger partial charge on any atom is -0.309 e. The monoisotopic (exact) mass is 262 g/mol. The van der Waals surface area contributed by atoms with E-state index in [2.05, 4.69) is 41.0 Å². The van der Waals surface area contributed by atoms with Crippen LogP contribution in [0, 0.1) is 6.92 Å². The van der Waals surface area contributed by atoms with E-state index in [0.717, 1.165) is 29.4 Å². The lowest BCUT2D eigenvalue weighted by atomic mass is 10.2. The third-order valence-corrected chi connectivity index (χ3v) is 4.07. The maximum Gasteiger partial charge on any atom is 0.144 e. The molecule has 1 unspecified atom stereocenters. The van der Waals surface area contributed by atoms with Gasteiger partial charge in [-0.2, -0.15) is 0 Å². The molecule has 2 aromatic rings. The molecule has 2 rings (SSSR count). The zero-order chi connectivity index (χ0) is 13.0. The largest absolute Gasteiger partial charge is 0.309 e. The van der Waals surface area contributed by atoms with Crippen molar-refractivity contribution >= 4 is 11.3 Å². The molecule has 0 bridgehead atoms. The van der Waals surface area contributed by atoms with E-state index in [0.29, 0.717) is 6.04 Å². The maximum absolute atomic E-state index is 4.59. The zero-order valence-electron chi connectivity index (χ0n) is 11.0. The van der Waals surface area contributed by atoms with Crippen molar-refractivity contribution in [3.05, 3.63) is 29.2 Å². The minimum absolute atomic E-state index is 0.341. The lowest BCUT2D eigenvalue weighted by Crippen LogP contribution is -2.18. The van der Waals surface area contributed by atoms with Crippen LogP contribution in [0.4, 0.5) is 0 Å². The number of aryl methyl sites for hydroxylation is 1. The summed E-state index contributed by atoms with van der Waals surface area (Å²) in [5.41, 5.74) is 1.93. The summed E-state index contributed by atoms with van der Waals surface area (Å²) in [6.45, 7) is 7.43. The van der Waals surface area contributed by atoms with Crippen LogP contribution in [0.2, 0.25) is 0 Å². The van der Waals surface area contributed by atoms with Crippen molar-refractivity contribution in [3.63, 3.8) is 0 Å². The van der Waals surface area contributed by atoms with E-state index < -0.39 is 0 Å². The van der Waals surface area contributed by atoms with E-state index in [9.17, 15) is 0 Å². The van der Waals surface area contributed by atoms with Crippen LogP contribution in [-0.4, -0.2) is 21.5 Å². The number of thiazole rings is 1. The summed E-state index contributed by atoms with van der Waals surface area (Å²) in [5, 5.41) is 4.43. The molecule has 1 N–H and O–H groups in total. The van der Waals surface area contributed by atoms with E-state index in [4.69, 9.17) is 0 Å². The summed E-state index contributed by atoms with van der Waals surface area (Å²) < 4.78 is 0. The fourth-order valence-electron chi connectivity index (χ4n) is 1.78. The van der Waals surface area contributed by atoms with Gasteiger partial charge in [-0.1, -0.05) is 6.92 Å². The Morgan fingerprint density at radius 3 is 2.89 bits per heavy atom. The van der Waals surface area contributed by atoms with Gasteiger partial charge >= 0.3 is 0 Å². The first kappa shape index (κ1) is 13.1. The van der Waals surface area contributed by atoms with Gasteiger partial charge in [0.15, 0.2) is 0 Å². The number of nitrogens with zero attached hydrogens (tertiary/aromatic N) is 3. The topological polar surface area (TPSA) is 50.7 Å². The Hall–Kier alpha value is -1.33. The Morgan fingerprint density at radius 2 is 2.22 bits per heavy atom. The molecule has 0 aliphatic heterocycles. The lowest BCUT2D eigenvalue weighted by molar-refractivity contribution is 0.575. The second kappa shape index (κ2) is 6.02. The van der Waals surface area contributed by atoms with Gasteiger partial charge in [0.2, 0.25) is 0 Å². The van der Waals surface area contributed by atoms with E-state index in [1.54, 1.807) is 29.9 Å². The van der Waals surface area contributed by atoms with Crippen LogP contribution in [0.25, 0.3) is 10.7 Å². The number of nitrogens with one attached hydrogen (secondary N) is 1. The Bertz CT molecular complexity index is 495. The second-order valence-electron chi connectivity index (χ2n) is 4.24. The normalized spacial score (nSPS) is 12.6. The maximum atomic E-state index is 4.59. The SMILES string of the molecule is CCCNC(C)c1sc(-c2cnccn2)nc1C. The van der Waals surface area contributed by atoms with Gasteiger partial charge in [-0.25, -0.2) is 4.98 Å². The van der Waals surface area contributed by atoms with Crippen LogP contribution in [-0.2, 0) is 0 Å². The van der Waals surface area contributed by atoms with Gasteiger partial charge < -0.3 is 5.32 Å². The van der Waals surface area contributed by atoms with E-state index in [1.807, 2.05) is 0 Å². The van der Waals surface area contributed by atoms with Crippen LogP contribution in [0.1, 0.15) is 36.9 Å². The summed E-state index contributed by atoms with van der Waals surface area (Å²) in [4.78, 5) is 14.2. The van der Waals surface area contributed by atoms with Gasteiger partial charge in [0, 0.05) is 23.3 Å². The van der Waals surface area contributed by atoms with Crippen LogP contribution >= 0.6 is 11.3 Å². The third kappa shape index (κ3) is 2.91. The van der Waals surface area contributed by atoms with Crippen molar-refractivity contribution in [3.8, 4) is 10.7 Å². The fourth-order valence-corrected chi connectivity index (χ4v) is 2.84. The average molecular weight is 262 g/mol. The molecule has 4 nitrogen and oxygen atoms in total. The molecular formula is C13H18N4S. The highest BCUT2D eigenvalue weighted by molar-refractivity contribution is 7.15. The first-order valence-electron chi connectivity index (χ1n) is 6.19. The standard InChI is InChI=1S/C13H18N4S/c1-4-5-15-9(2)12-10(3)17-13(18-12)11-8-14-6-7-16-11/h6-9,15H,4-5H2,1-3H3. The van der Waals surface area contributed by atoms with Crippen molar-refractivity contribution in [2.75, 3.05) is 6.54 Å². The first-order chi connectivity index (χ1) is 8.72. The number of hydrogen-bond acceptors (Lipinski definition) is 5. The summed E-state index contributed by atoms with van der Waals surface area (Å²) in [6, 6.07) is 0.341. The van der Waals surface area contributed by atoms with Gasteiger partial charge in [-0.15, -0.1) is 11.3 Å². The van der Waals surface area contributed by atoms with Crippen LogP contribution in [0.5, 0.6) is 0 Å². The number of rotatable bonds is 5. The van der Waals surface area contributed by atoms with Gasteiger partial charge in [0.1, 0.15) is 10.7 Å².